The zero-order valence-corrected chi connectivity index (χ0v) is 13.4. The van der Waals surface area contributed by atoms with Crippen molar-refractivity contribution in [1.29, 1.82) is 0 Å². The van der Waals surface area contributed by atoms with Gasteiger partial charge in [0.05, 0.1) is 0 Å². The largest absolute Gasteiger partial charge is 0.473 e. The van der Waals surface area contributed by atoms with Gasteiger partial charge in [-0.25, -0.2) is 9.97 Å². The molecule has 2 rings (SSSR count). The second kappa shape index (κ2) is 7.93. The van der Waals surface area contributed by atoms with Gasteiger partial charge in [-0.1, -0.05) is 18.7 Å². The van der Waals surface area contributed by atoms with E-state index in [0.29, 0.717) is 6.07 Å². The minimum absolute atomic E-state index is 0.0208. The number of pyridine rings is 1. The van der Waals surface area contributed by atoms with E-state index in [9.17, 15) is 18.0 Å². The molecule has 0 aliphatic rings. The smallest absolute Gasteiger partial charge is 0.433 e. The summed E-state index contributed by atoms with van der Waals surface area (Å²) in [6, 6.07) is 5.03. The summed E-state index contributed by atoms with van der Waals surface area (Å²) in [5.41, 5.74) is -1.14. The van der Waals surface area contributed by atoms with Gasteiger partial charge < -0.3 is 10.1 Å². The molecule has 1 N–H and O–H groups in total. The molecule has 0 saturated carbocycles. The summed E-state index contributed by atoms with van der Waals surface area (Å²) in [6.45, 7) is 3.40. The first-order valence-electron chi connectivity index (χ1n) is 6.86. The molecular formula is C15H12ClF3N4O2. The molecule has 2 aromatic rings. The van der Waals surface area contributed by atoms with Crippen molar-refractivity contribution in [3.05, 3.63) is 42.6 Å². The van der Waals surface area contributed by atoms with Crippen molar-refractivity contribution < 1.29 is 22.7 Å². The number of anilines is 1. The van der Waals surface area contributed by atoms with E-state index in [1.165, 1.54) is 24.3 Å². The Hall–Kier alpha value is -2.68. The summed E-state index contributed by atoms with van der Waals surface area (Å²) in [6.07, 6.45) is -3.32. The number of alkyl halides is 4. The SMILES string of the molecule is C=CCOc1cc(C(F)(F)F)nc(-c2cccc(NC(=O)CCl)n2)n1. The number of nitrogens with one attached hydrogen (secondary N) is 1. The maximum atomic E-state index is 13.0. The first kappa shape index (κ1) is 18.7. The average Bonchev–Trinajstić information content (AvgIpc) is 2.59. The van der Waals surface area contributed by atoms with Gasteiger partial charge in [-0.3, -0.25) is 4.79 Å². The van der Waals surface area contributed by atoms with Gasteiger partial charge in [0.25, 0.3) is 0 Å². The van der Waals surface area contributed by atoms with Crippen molar-refractivity contribution in [3.8, 4) is 17.4 Å². The van der Waals surface area contributed by atoms with Crippen molar-refractivity contribution in [2.75, 3.05) is 17.8 Å². The number of ether oxygens (including phenoxy) is 1. The highest BCUT2D eigenvalue weighted by Crippen LogP contribution is 2.31. The molecule has 0 saturated heterocycles. The number of aromatic nitrogens is 3. The number of hydrogen-bond donors (Lipinski definition) is 1. The Morgan fingerprint density at radius 2 is 2.08 bits per heavy atom. The van der Waals surface area contributed by atoms with Crippen LogP contribution in [0.4, 0.5) is 19.0 Å². The highest BCUT2D eigenvalue weighted by atomic mass is 35.5. The van der Waals surface area contributed by atoms with Crippen LogP contribution in [-0.4, -0.2) is 33.3 Å². The van der Waals surface area contributed by atoms with Gasteiger partial charge in [-0.15, -0.1) is 11.6 Å². The van der Waals surface area contributed by atoms with E-state index in [2.05, 4.69) is 26.8 Å². The number of carbonyl (C=O) groups excluding carboxylic acids is 1. The number of amides is 1. The summed E-state index contributed by atoms with van der Waals surface area (Å²) in [5, 5.41) is 2.39. The third kappa shape index (κ3) is 5.15. The zero-order chi connectivity index (χ0) is 18.4. The summed E-state index contributed by atoms with van der Waals surface area (Å²) >= 11 is 5.38. The van der Waals surface area contributed by atoms with Crippen LogP contribution in [0, 0.1) is 0 Å². The summed E-state index contributed by atoms with van der Waals surface area (Å²) < 4.78 is 44.2. The third-order valence-corrected chi connectivity index (χ3v) is 2.95. The molecule has 0 unspecified atom stereocenters. The molecule has 0 fully saturated rings. The Labute approximate surface area is 145 Å². The van der Waals surface area contributed by atoms with Crippen LogP contribution < -0.4 is 10.1 Å². The number of rotatable bonds is 6. The average molecular weight is 373 g/mol. The second-order valence-corrected chi connectivity index (χ2v) is 4.87. The molecule has 0 atom stereocenters. The highest BCUT2D eigenvalue weighted by molar-refractivity contribution is 6.29. The fourth-order valence-electron chi connectivity index (χ4n) is 1.71. The second-order valence-electron chi connectivity index (χ2n) is 4.60. The molecule has 0 aliphatic heterocycles. The normalized spacial score (nSPS) is 11.0. The summed E-state index contributed by atoms with van der Waals surface area (Å²) in [7, 11) is 0. The number of hydrogen-bond acceptors (Lipinski definition) is 5. The summed E-state index contributed by atoms with van der Waals surface area (Å²) in [4.78, 5) is 22.7. The van der Waals surface area contributed by atoms with Crippen LogP contribution in [0.1, 0.15) is 5.69 Å². The Morgan fingerprint density at radius 3 is 2.72 bits per heavy atom. The van der Waals surface area contributed by atoms with Crippen molar-refractivity contribution >= 4 is 23.3 Å². The van der Waals surface area contributed by atoms with Crippen LogP contribution in [0.3, 0.4) is 0 Å². The van der Waals surface area contributed by atoms with Gasteiger partial charge >= 0.3 is 6.18 Å². The number of carbonyl (C=O) groups is 1. The first-order valence-corrected chi connectivity index (χ1v) is 7.40. The van der Waals surface area contributed by atoms with Crippen molar-refractivity contribution in [2.45, 2.75) is 6.18 Å². The van der Waals surface area contributed by atoms with Gasteiger partial charge in [0.15, 0.2) is 11.5 Å². The van der Waals surface area contributed by atoms with Gasteiger partial charge in [0, 0.05) is 6.07 Å². The van der Waals surface area contributed by atoms with E-state index in [1.54, 1.807) is 0 Å². The fraction of sp³-hybridized carbons (Fsp3) is 0.200. The molecule has 10 heteroatoms. The fourth-order valence-corrected chi connectivity index (χ4v) is 1.77. The molecule has 0 aromatic carbocycles. The van der Waals surface area contributed by atoms with E-state index >= 15 is 0 Å². The van der Waals surface area contributed by atoms with Crippen LogP contribution in [0.25, 0.3) is 11.5 Å². The van der Waals surface area contributed by atoms with E-state index in [1.807, 2.05) is 0 Å². The van der Waals surface area contributed by atoms with Crippen molar-refractivity contribution in [3.63, 3.8) is 0 Å². The maximum absolute atomic E-state index is 13.0. The third-order valence-electron chi connectivity index (χ3n) is 2.71. The van der Waals surface area contributed by atoms with Crippen LogP contribution in [0.5, 0.6) is 5.88 Å². The molecular weight excluding hydrogens is 361 g/mol. The predicted octanol–water partition coefficient (Wildman–Crippen LogP) is 3.30. The van der Waals surface area contributed by atoms with Gasteiger partial charge in [-0.05, 0) is 12.1 Å². The number of halogens is 4. The molecule has 2 aromatic heterocycles. The van der Waals surface area contributed by atoms with E-state index < -0.39 is 17.8 Å². The maximum Gasteiger partial charge on any atom is 0.433 e. The first-order chi connectivity index (χ1) is 11.8. The van der Waals surface area contributed by atoms with E-state index in [0.717, 1.165) is 0 Å². The quantitative estimate of drug-likeness (QED) is 0.622. The monoisotopic (exact) mass is 372 g/mol. The van der Waals surface area contributed by atoms with Crippen LogP contribution >= 0.6 is 11.6 Å². The van der Waals surface area contributed by atoms with E-state index in [4.69, 9.17) is 16.3 Å². The Bertz CT molecular complexity index is 784. The van der Waals surface area contributed by atoms with Gasteiger partial charge in [0.2, 0.25) is 11.8 Å². The van der Waals surface area contributed by atoms with Crippen molar-refractivity contribution in [1.82, 2.24) is 15.0 Å². The van der Waals surface area contributed by atoms with Gasteiger partial charge in [-0.2, -0.15) is 18.2 Å². The Morgan fingerprint density at radius 1 is 1.32 bits per heavy atom. The van der Waals surface area contributed by atoms with Crippen LogP contribution in [0.2, 0.25) is 0 Å². The predicted molar refractivity (Wildman–Crippen MR) is 85.3 cm³/mol. The minimum atomic E-state index is -4.69. The lowest BCUT2D eigenvalue weighted by atomic mass is 10.3. The molecule has 0 bridgehead atoms. The van der Waals surface area contributed by atoms with Crippen molar-refractivity contribution in [2.24, 2.45) is 0 Å². The molecule has 0 spiro atoms. The molecule has 132 valence electrons. The van der Waals surface area contributed by atoms with E-state index in [-0.39, 0.29) is 35.7 Å². The van der Waals surface area contributed by atoms with Crippen LogP contribution in [-0.2, 0) is 11.0 Å². The van der Waals surface area contributed by atoms with Gasteiger partial charge in [0.1, 0.15) is 24.0 Å². The molecule has 2 heterocycles. The zero-order valence-electron chi connectivity index (χ0n) is 12.7. The molecule has 6 nitrogen and oxygen atoms in total. The Kier molecular flexibility index (Phi) is 5.92. The lowest BCUT2D eigenvalue weighted by molar-refractivity contribution is -0.141. The Balaban J connectivity index is 2.44. The van der Waals surface area contributed by atoms with Crippen LogP contribution in [0.15, 0.2) is 36.9 Å². The standard InChI is InChI=1S/C15H12ClF3N4O2/c1-2-6-25-13-7-10(15(17,18)19)21-14(23-13)9-4-3-5-11(20-9)22-12(24)8-16/h2-5,7H,1,6,8H2,(H,20,22,24). The number of nitrogens with zero attached hydrogens (tertiary/aromatic N) is 3. The molecule has 0 aliphatic carbocycles. The minimum Gasteiger partial charge on any atom is -0.473 e. The lowest BCUT2D eigenvalue weighted by Crippen LogP contribution is -2.14. The molecule has 0 radical (unpaired) electrons. The topological polar surface area (TPSA) is 77.0 Å². The lowest BCUT2D eigenvalue weighted by Gasteiger charge is -2.11. The summed E-state index contributed by atoms with van der Waals surface area (Å²) in [5.74, 6) is -1.25. The highest BCUT2D eigenvalue weighted by Gasteiger charge is 2.34. The molecule has 25 heavy (non-hydrogen) atoms. The molecule has 1 amide bonds.